The number of ether oxygens (including phenoxy) is 2. The predicted octanol–water partition coefficient (Wildman–Crippen LogP) is 2.33. The number of nitrogens with one attached hydrogen (secondary N) is 1. The molecule has 1 saturated heterocycles. The molecule has 2 rings (SSSR count). The fourth-order valence-electron chi connectivity index (χ4n) is 2.75. The molecule has 1 aliphatic rings. The van der Waals surface area contributed by atoms with Crippen LogP contribution in [0.4, 0.5) is 4.79 Å². The van der Waals surface area contributed by atoms with Crippen LogP contribution in [0.1, 0.15) is 31.7 Å². The van der Waals surface area contributed by atoms with E-state index in [0.29, 0.717) is 19.4 Å². The third kappa shape index (κ3) is 4.73. The number of carboxylic acids is 1. The smallest absolute Gasteiger partial charge is 0.407 e. The molecule has 0 spiro atoms. The molecule has 6 heteroatoms. The number of aliphatic carboxylic acids is 1. The monoisotopic (exact) mass is 307 g/mol. The molecule has 2 N–H and O–H groups in total. The van der Waals surface area contributed by atoms with Gasteiger partial charge >= 0.3 is 12.1 Å². The van der Waals surface area contributed by atoms with E-state index in [9.17, 15) is 9.59 Å². The highest BCUT2D eigenvalue weighted by Gasteiger charge is 2.39. The van der Waals surface area contributed by atoms with Crippen LogP contribution in [0.5, 0.6) is 0 Å². The highest BCUT2D eigenvalue weighted by atomic mass is 16.5. The molecule has 0 bridgehead atoms. The quantitative estimate of drug-likeness (QED) is 0.872. The molecule has 1 aliphatic heterocycles. The van der Waals surface area contributed by atoms with E-state index in [1.54, 1.807) is 0 Å². The van der Waals surface area contributed by atoms with Gasteiger partial charge in [-0.25, -0.2) is 4.79 Å². The maximum Gasteiger partial charge on any atom is 0.407 e. The van der Waals surface area contributed by atoms with E-state index in [4.69, 9.17) is 14.6 Å². The summed E-state index contributed by atoms with van der Waals surface area (Å²) in [5, 5.41) is 11.8. The molecule has 1 amide bonds. The fourth-order valence-corrected chi connectivity index (χ4v) is 2.75. The van der Waals surface area contributed by atoms with Gasteiger partial charge in [-0.05, 0) is 25.3 Å². The van der Waals surface area contributed by atoms with Gasteiger partial charge in [-0.1, -0.05) is 30.3 Å². The second-order valence-corrected chi connectivity index (χ2v) is 5.67. The Morgan fingerprint density at radius 2 is 2.14 bits per heavy atom. The van der Waals surface area contributed by atoms with Crippen molar-refractivity contribution in [2.45, 2.75) is 44.4 Å². The largest absolute Gasteiger partial charge is 0.481 e. The summed E-state index contributed by atoms with van der Waals surface area (Å²) in [6.07, 6.45) is 0.0898. The Hall–Kier alpha value is -2.08. The van der Waals surface area contributed by atoms with E-state index < -0.39 is 17.6 Å². The second kappa shape index (κ2) is 7.26. The van der Waals surface area contributed by atoms with Gasteiger partial charge in [-0.2, -0.15) is 0 Å². The Morgan fingerprint density at radius 1 is 1.41 bits per heavy atom. The summed E-state index contributed by atoms with van der Waals surface area (Å²) in [5.74, 6) is -0.947. The Kier molecular flexibility index (Phi) is 5.38. The zero-order valence-electron chi connectivity index (χ0n) is 12.6. The van der Waals surface area contributed by atoms with Gasteiger partial charge in [0.15, 0.2) is 0 Å². The van der Waals surface area contributed by atoms with E-state index in [1.807, 2.05) is 37.3 Å². The number of alkyl carbamates (subject to hydrolysis) is 1. The molecule has 6 nitrogen and oxygen atoms in total. The van der Waals surface area contributed by atoms with E-state index in [-0.39, 0.29) is 19.1 Å². The maximum atomic E-state index is 12.0. The van der Waals surface area contributed by atoms with Gasteiger partial charge in [0, 0.05) is 6.61 Å². The van der Waals surface area contributed by atoms with Crippen LogP contribution < -0.4 is 5.32 Å². The Bertz CT molecular complexity index is 519. The lowest BCUT2D eigenvalue weighted by molar-refractivity contribution is -0.140. The van der Waals surface area contributed by atoms with E-state index in [1.165, 1.54) is 0 Å². The summed E-state index contributed by atoms with van der Waals surface area (Å²) < 4.78 is 10.6. The summed E-state index contributed by atoms with van der Waals surface area (Å²) in [6, 6.07) is 9.33. The minimum atomic E-state index is -0.947. The number of hydrogen-bond donors (Lipinski definition) is 2. The third-order valence-corrected chi connectivity index (χ3v) is 3.73. The molecule has 1 aromatic carbocycles. The zero-order valence-corrected chi connectivity index (χ0v) is 12.6. The number of hydrogen-bond acceptors (Lipinski definition) is 4. The van der Waals surface area contributed by atoms with Gasteiger partial charge in [0.1, 0.15) is 6.61 Å². The number of carbonyl (C=O) groups is 2. The Morgan fingerprint density at radius 3 is 2.77 bits per heavy atom. The lowest BCUT2D eigenvalue weighted by Crippen LogP contribution is -2.54. The van der Waals surface area contributed by atoms with Gasteiger partial charge < -0.3 is 19.9 Å². The van der Waals surface area contributed by atoms with Crippen LogP contribution in [0.25, 0.3) is 0 Å². The van der Waals surface area contributed by atoms with Gasteiger partial charge in [-0.15, -0.1) is 0 Å². The van der Waals surface area contributed by atoms with Crippen molar-refractivity contribution in [3.63, 3.8) is 0 Å². The summed E-state index contributed by atoms with van der Waals surface area (Å²) in [7, 11) is 0. The van der Waals surface area contributed by atoms with Crippen molar-refractivity contribution in [1.82, 2.24) is 5.32 Å². The molecule has 0 radical (unpaired) electrons. The second-order valence-electron chi connectivity index (χ2n) is 5.67. The van der Waals surface area contributed by atoms with E-state index in [0.717, 1.165) is 5.56 Å². The molecule has 0 aliphatic carbocycles. The molecular weight excluding hydrogens is 286 g/mol. The summed E-state index contributed by atoms with van der Waals surface area (Å²) in [5.41, 5.74) is 0.0716. The van der Waals surface area contributed by atoms with Gasteiger partial charge in [-0.3, -0.25) is 4.79 Å². The summed E-state index contributed by atoms with van der Waals surface area (Å²) >= 11 is 0. The van der Waals surface area contributed by atoms with Crippen LogP contribution >= 0.6 is 0 Å². The van der Waals surface area contributed by atoms with Crippen molar-refractivity contribution in [3.05, 3.63) is 35.9 Å². The zero-order chi connectivity index (χ0) is 16.0. The number of carboxylic acid groups (broad SMARTS) is 1. The van der Waals surface area contributed by atoms with Crippen molar-refractivity contribution in [2.24, 2.45) is 0 Å². The van der Waals surface area contributed by atoms with Crippen LogP contribution in [0, 0.1) is 0 Å². The number of carbonyl (C=O) groups excluding carboxylic acids is 1. The lowest BCUT2D eigenvalue weighted by atomic mass is 9.84. The molecule has 22 heavy (non-hydrogen) atoms. The fraction of sp³-hybridized carbons (Fsp3) is 0.500. The standard InChI is InChI=1S/C16H21NO5/c1-12-9-16(7-8-21-12,10-14(18)19)17-15(20)22-11-13-5-3-2-4-6-13/h2-6,12H,7-11H2,1H3,(H,17,20)(H,18,19). The average Bonchev–Trinajstić information content (AvgIpc) is 2.45. The van der Waals surface area contributed by atoms with Gasteiger partial charge in [0.05, 0.1) is 18.1 Å². The molecule has 1 heterocycles. The topological polar surface area (TPSA) is 84.9 Å². The first-order chi connectivity index (χ1) is 10.5. The van der Waals surface area contributed by atoms with E-state index >= 15 is 0 Å². The van der Waals surface area contributed by atoms with E-state index in [2.05, 4.69) is 5.32 Å². The first-order valence-corrected chi connectivity index (χ1v) is 7.31. The Balaban J connectivity index is 1.94. The van der Waals surface area contributed by atoms with Gasteiger partial charge in [0.2, 0.25) is 0 Å². The third-order valence-electron chi connectivity index (χ3n) is 3.73. The molecule has 0 saturated carbocycles. The van der Waals surface area contributed by atoms with Crippen LogP contribution in [-0.4, -0.2) is 35.4 Å². The molecule has 1 aromatic rings. The highest BCUT2D eigenvalue weighted by molar-refractivity contribution is 5.72. The Labute approximate surface area is 129 Å². The van der Waals surface area contributed by atoms with Gasteiger partial charge in [0.25, 0.3) is 0 Å². The predicted molar refractivity (Wildman–Crippen MR) is 79.4 cm³/mol. The van der Waals surface area contributed by atoms with Crippen LogP contribution in [0.3, 0.4) is 0 Å². The molecule has 1 fully saturated rings. The molecule has 2 unspecified atom stereocenters. The summed E-state index contributed by atoms with van der Waals surface area (Å²) in [4.78, 5) is 23.1. The van der Waals surface area contributed by atoms with Crippen LogP contribution in [0.2, 0.25) is 0 Å². The maximum absolute atomic E-state index is 12.0. The number of rotatable bonds is 5. The first kappa shape index (κ1) is 16.3. The average molecular weight is 307 g/mol. The normalized spacial score (nSPS) is 24.5. The van der Waals surface area contributed by atoms with Crippen molar-refractivity contribution < 1.29 is 24.2 Å². The van der Waals surface area contributed by atoms with Crippen LogP contribution in [-0.2, 0) is 20.9 Å². The molecule has 120 valence electrons. The van der Waals surface area contributed by atoms with Crippen molar-refractivity contribution >= 4 is 12.1 Å². The lowest BCUT2D eigenvalue weighted by Gasteiger charge is -2.39. The number of benzene rings is 1. The molecule has 0 aromatic heterocycles. The van der Waals surface area contributed by atoms with Crippen molar-refractivity contribution in [3.8, 4) is 0 Å². The molecule has 2 atom stereocenters. The highest BCUT2D eigenvalue weighted by Crippen LogP contribution is 2.28. The van der Waals surface area contributed by atoms with Crippen LogP contribution in [0.15, 0.2) is 30.3 Å². The number of amides is 1. The minimum Gasteiger partial charge on any atom is -0.481 e. The summed E-state index contributed by atoms with van der Waals surface area (Å²) in [6.45, 7) is 2.45. The SMILES string of the molecule is CC1CC(CC(=O)O)(NC(=O)OCc2ccccc2)CCO1. The van der Waals surface area contributed by atoms with Crippen molar-refractivity contribution in [2.75, 3.05) is 6.61 Å². The minimum absolute atomic E-state index is 0.0949. The van der Waals surface area contributed by atoms with Crippen molar-refractivity contribution in [1.29, 1.82) is 0 Å². The first-order valence-electron chi connectivity index (χ1n) is 7.31. The molecular formula is C16H21NO5.